The molecule has 1 aliphatic carbocycles. The molecule has 0 bridgehead atoms. The highest BCUT2D eigenvalue weighted by Gasteiger charge is 2.49. The number of rotatable bonds is 3. The molecule has 1 saturated carbocycles. The number of imide groups is 1. The number of carbonyl (C=O) groups is 2. The molecule has 0 spiro atoms. The highest BCUT2D eigenvalue weighted by atomic mass is 16.5. The maximum atomic E-state index is 12.8. The van der Waals surface area contributed by atoms with Crippen LogP contribution in [-0.4, -0.2) is 11.8 Å². The zero-order chi connectivity index (χ0) is 19.1. The Morgan fingerprint density at radius 3 is 2.15 bits per heavy atom. The number of hydrogen-bond acceptors (Lipinski definition) is 3. The van der Waals surface area contributed by atoms with E-state index in [-0.39, 0.29) is 23.7 Å². The predicted molar refractivity (Wildman–Crippen MR) is 105 cm³/mol. The van der Waals surface area contributed by atoms with Crippen LogP contribution in [0.3, 0.4) is 0 Å². The molecule has 2 fully saturated rings. The van der Waals surface area contributed by atoms with Gasteiger partial charge in [-0.15, -0.1) is 0 Å². The van der Waals surface area contributed by atoms with Crippen LogP contribution in [0.1, 0.15) is 37.3 Å². The molecule has 0 unspecified atom stereocenters. The Kier molecular flexibility index (Phi) is 4.50. The van der Waals surface area contributed by atoms with Gasteiger partial charge in [-0.2, -0.15) is 0 Å². The molecular weight excluding hydrogens is 338 g/mol. The van der Waals surface area contributed by atoms with E-state index < -0.39 is 0 Å². The van der Waals surface area contributed by atoms with Crippen LogP contribution in [0, 0.1) is 31.6 Å². The summed E-state index contributed by atoms with van der Waals surface area (Å²) in [6.07, 6.45) is 2.66. The number of fused-ring (bicyclic) bond motifs is 1. The van der Waals surface area contributed by atoms with Crippen LogP contribution in [0.15, 0.2) is 42.5 Å². The zero-order valence-corrected chi connectivity index (χ0v) is 16.1. The van der Waals surface area contributed by atoms with Crippen molar-refractivity contribution < 1.29 is 14.3 Å². The van der Waals surface area contributed by atoms with E-state index in [4.69, 9.17) is 4.74 Å². The molecule has 0 radical (unpaired) electrons. The normalized spacial score (nSPS) is 24.9. The van der Waals surface area contributed by atoms with E-state index in [0.717, 1.165) is 36.1 Å². The molecule has 2 amide bonds. The van der Waals surface area contributed by atoms with Crippen LogP contribution in [0.2, 0.25) is 0 Å². The molecule has 4 nitrogen and oxygen atoms in total. The number of benzene rings is 2. The quantitative estimate of drug-likeness (QED) is 0.719. The van der Waals surface area contributed by atoms with Crippen molar-refractivity contribution in [1.29, 1.82) is 0 Å². The lowest BCUT2D eigenvalue weighted by molar-refractivity contribution is -0.122. The van der Waals surface area contributed by atoms with E-state index in [1.165, 1.54) is 4.90 Å². The zero-order valence-electron chi connectivity index (χ0n) is 16.1. The second kappa shape index (κ2) is 6.84. The van der Waals surface area contributed by atoms with Gasteiger partial charge in [0.05, 0.1) is 17.5 Å². The summed E-state index contributed by atoms with van der Waals surface area (Å²) in [7, 11) is 0. The Morgan fingerprint density at radius 2 is 1.48 bits per heavy atom. The number of anilines is 1. The van der Waals surface area contributed by atoms with Gasteiger partial charge in [0.15, 0.2) is 0 Å². The number of nitrogens with zero attached hydrogens (tertiary/aromatic N) is 1. The third-order valence-electron chi connectivity index (χ3n) is 5.71. The van der Waals surface area contributed by atoms with Gasteiger partial charge in [-0.1, -0.05) is 13.0 Å². The third-order valence-corrected chi connectivity index (χ3v) is 5.71. The van der Waals surface area contributed by atoms with E-state index in [0.29, 0.717) is 17.4 Å². The Hall–Kier alpha value is -2.62. The van der Waals surface area contributed by atoms with E-state index in [1.54, 1.807) is 12.1 Å². The molecule has 27 heavy (non-hydrogen) atoms. The monoisotopic (exact) mass is 363 g/mol. The molecule has 2 aliphatic rings. The van der Waals surface area contributed by atoms with Gasteiger partial charge in [-0.25, -0.2) is 0 Å². The number of aryl methyl sites for hydroxylation is 2. The van der Waals surface area contributed by atoms with Crippen molar-refractivity contribution in [2.45, 2.75) is 40.0 Å². The van der Waals surface area contributed by atoms with Crippen LogP contribution < -0.4 is 9.64 Å². The average Bonchev–Trinajstić information content (AvgIpc) is 2.85. The fourth-order valence-corrected chi connectivity index (χ4v) is 4.44. The highest BCUT2D eigenvalue weighted by Crippen LogP contribution is 2.42. The van der Waals surface area contributed by atoms with Crippen molar-refractivity contribution in [2.24, 2.45) is 17.8 Å². The van der Waals surface area contributed by atoms with Crippen LogP contribution in [0.25, 0.3) is 0 Å². The van der Waals surface area contributed by atoms with E-state index in [2.05, 4.69) is 13.0 Å². The van der Waals surface area contributed by atoms with Crippen molar-refractivity contribution in [3.63, 3.8) is 0 Å². The van der Waals surface area contributed by atoms with Gasteiger partial charge >= 0.3 is 0 Å². The first-order chi connectivity index (χ1) is 12.9. The largest absolute Gasteiger partial charge is 0.457 e. The minimum atomic E-state index is -0.146. The Bertz CT molecular complexity index is 867. The molecule has 2 aromatic carbocycles. The molecular formula is C23H25NO3. The Morgan fingerprint density at radius 1 is 0.852 bits per heavy atom. The summed E-state index contributed by atoms with van der Waals surface area (Å²) in [5.74, 6) is 1.62. The molecule has 4 rings (SSSR count). The number of carbonyl (C=O) groups excluding carboxylic acids is 2. The van der Waals surface area contributed by atoms with Crippen molar-refractivity contribution in [3.8, 4) is 11.5 Å². The van der Waals surface area contributed by atoms with Gasteiger partial charge in [-0.3, -0.25) is 14.5 Å². The van der Waals surface area contributed by atoms with Gasteiger partial charge in [0, 0.05) is 0 Å². The van der Waals surface area contributed by atoms with Crippen molar-refractivity contribution >= 4 is 17.5 Å². The molecule has 0 N–H and O–H groups in total. The lowest BCUT2D eigenvalue weighted by Crippen LogP contribution is -2.30. The first-order valence-electron chi connectivity index (χ1n) is 9.66. The van der Waals surface area contributed by atoms with Gasteiger partial charge in [0.1, 0.15) is 11.5 Å². The molecule has 0 aromatic heterocycles. The van der Waals surface area contributed by atoms with Gasteiger partial charge in [0.2, 0.25) is 11.8 Å². The Balaban J connectivity index is 1.53. The van der Waals surface area contributed by atoms with Crippen LogP contribution >= 0.6 is 0 Å². The Labute approximate surface area is 160 Å². The first kappa shape index (κ1) is 17.8. The van der Waals surface area contributed by atoms with Gasteiger partial charge in [-0.05, 0) is 86.6 Å². The molecule has 3 atom stereocenters. The van der Waals surface area contributed by atoms with E-state index in [9.17, 15) is 9.59 Å². The topological polar surface area (TPSA) is 46.6 Å². The summed E-state index contributed by atoms with van der Waals surface area (Å²) in [6.45, 7) is 6.23. The third kappa shape index (κ3) is 3.36. The maximum Gasteiger partial charge on any atom is 0.237 e. The van der Waals surface area contributed by atoms with E-state index >= 15 is 0 Å². The number of ether oxygens (including phenoxy) is 1. The van der Waals surface area contributed by atoms with Gasteiger partial charge in [0.25, 0.3) is 0 Å². The SMILES string of the molecule is Cc1cc(C)cc(Oc2ccc(N3C(=O)[C@@H]4CC[C@H](C)C[C@H]4C3=O)cc2)c1. The predicted octanol–water partition coefficient (Wildman–Crippen LogP) is 5.02. The standard InChI is InChI=1S/C23H25NO3/c1-14-4-9-20-21(13-14)23(26)24(22(20)25)17-5-7-18(8-6-17)27-19-11-15(2)10-16(3)12-19/h5-8,10-12,14,20-21H,4,9,13H2,1-3H3/t14-,20+,21+/m0/s1. The van der Waals surface area contributed by atoms with Crippen LogP contribution in [-0.2, 0) is 9.59 Å². The van der Waals surface area contributed by atoms with Crippen molar-refractivity contribution in [2.75, 3.05) is 4.90 Å². The summed E-state index contributed by atoms with van der Waals surface area (Å²) >= 11 is 0. The second-order valence-corrected chi connectivity index (χ2v) is 8.06. The minimum absolute atomic E-state index is 0.0418. The molecule has 140 valence electrons. The van der Waals surface area contributed by atoms with Crippen LogP contribution in [0.5, 0.6) is 11.5 Å². The van der Waals surface area contributed by atoms with E-state index in [1.807, 2.05) is 38.1 Å². The van der Waals surface area contributed by atoms with Crippen molar-refractivity contribution in [1.82, 2.24) is 0 Å². The highest BCUT2D eigenvalue weighted by molar-refractivity contribution is 6.22. The lowest BCUT2D eigenvalue weighted by Gasteiger charge is -2.25. The maximum absolute atomic E-state index is 12.8. The number of amides is 2. The molecule has 1 saturated heterocycles. The first-order valence-corrected chi connectivity index (χ1v) is 9.66. The lowest BCUT2D eigenvalue weighted by atomic mass is 9.76. The fraction of sp³-hybridized carbons (Fsp3) is 0.391. The van der Waals surface area contributed by atoms with Gasteiger partial charge < -0.3 is 4.74 Å². The molecule has 1 heterocycles. The van der Waals surface area contributed by atoms with Crippen molar-refractivity contribution in [3.05, 3.63) is 53.6 Å². The summed E-state index contributed by atoms with van der Waals surface area (Å²) in [5.41, 5.74) is 2.93. The average molecular weight is 363 g/mol. The summed E-state index contributed by atoms with van der Waals surface area (Å²) in [4.78, 5) is 27.0. The fourth-order valence-electron chi connectivity index (χ4n) is 4.44. The number of hydrogen-bond donors (Lipinski definition) is 0. The molecule has 2 aromatic rings. The second-order valence-electron chi connectivity index (χ2n) is 8.06. The van der Waals surface area contributed by atoms with Crippen LogP contribution in [0.4, 0.5) is 5.69 Å². The summed E-state index contributed by atoms with van der Waals surface area (Å²) in [5, 5.41) is 0. The summed E-state index contributed by atoms with van der Waals surface area (Å²) in [6, 6.07) is 13.3. The minimum Gasteiger partial charge on any atom is -0.457 e. The smallest absolute Gasteiger partial charge is 0.237 e. The molecule has 1 aliphatic heterocycles. The summed E-state index contributed by atoms with van der Waals surface area (Å²) < 4.78 is 5.93. The molecule has 4 heteroatoms.